The molecule has 98 valence electrons. The van der Waals surface area contributed by atoms with Crippen LogP contribution in [0, 0.1) is 0 Å². The Morgan fingerprint density at radius 3 is 2.89 bits per heavy atom. The van der Waals surface area contributed by atoms with Crippen molar-refractivity contribution in [1.29, 1.82) is 0 Å². The van der Waals surface area contributed by atoms with E-state index < -0.39 is 0 Å². The smallest absolute Gasteiger partial charge is 0.165 e. The molecule has 4 heteroatoms. The van der Waals surface area contributed by atoms with Gasteiger partial charge in [-0.25, -0.2) is 0 Å². The maximum atomic E-state index is 5.94. The van der Waals surface area contributed by atoms with Crippen molar-refractivity contribution in [2.24, 2.45) is 5.73 Å². The number of nitrogens with two attached hydrogens (primary N) is 1. The van der Waals surface area contributed by atoms with Gasteiger partial charge in [0.15, 0.2) is 11.5 Å². The van der Waals surface area contributed by atoms with Crippen molar-refractivity contribution in [3.05, 3.63) is 23.8 Å². The Kier molecular flexibility index (Phi) is 3.48. The van der Waals surface area contributed by atoms with Crippen molar-refractivity contribution in [3.63, 3.8) is 0 Å². The summed E-state index contributed by atoms with van der Waals surface area (Å²) in [6.07, 6.45) is 1.41. The zero-order valence-corrected chi connectivity index (χ0v) is 11.8. The van der Waals surface area contributed by atoms with Crippen molar-refractivity contribution in [1.82, 2.24) is 0 Å². The maximum absolute atomic E-state index is 5.94. The van der Waals surface area contributed by atoms with Crippen LogP contribution in [-0.2, 0) is 6.42 Å². The minimum Gasteiger partial charge on any atom is -0.483 e. The van der Waals surface area contributed by atoms with Crippen LogP contribution in [0.4, 0.5) is 0 Å². The molecule has 0 aliphatic carbocycles. The number of thiocarbonyl (C=S) groups is 1. The number of hydrogen-bond acceptors (Lipinski definition) is 3. The molecule has 1 aromatic carbocycles. The van der Waals surface area contributed by atoms with E-state index in [1.165, 1.54) is 5.56 Å². The molecule has 1 heterocycles. The largest absolute Gasteiger partial charge is 0.483 e. The van der Waals surface area contributed by atoms with Crippen LogP contribution >= 0.6 is 12.2 Å². The molecule has 0 amide bonds. The highest BCUT2D eigenvalue weighted by Gasteiger charge is 2.32. The number of fused-ring (bicyclic) bond motifs is 1. The SMILES string of the molecule is CCC(Oc1cccc2c1OC(C)(C)C2)C(N)=S. The fourth-order valence-electron chi connectivity index (χ4n) is 2.18. The van der Waals surface area contributed by atoms with E-state index in [0.29, 0.717) is 4.99 Å². The molecule has 1 atom stereocenters. The first-order chi connectivity index (χ1) is 8.43. The average Bonchev–Trinajstić information content (AvgIpc) is 2.60. The quantitative estimate of drug-likeness (QED) is 0.850. The van der Waals surface area contributed by atoms with E-state index in [1.54, 1.807) is 0 Å². The Morgan fingerprint density at radius 2 is 2.28 bits per heavy atom. The number of rotatable bonds is 4. The zero-order valence-electron chi connectivity index (χ0n) is 11.0. The number of para-hydroxylation sites is 1. The monoisotopic (exact) mass is 265 g/mol. The van der Waals surface area contributed by atoms with Gasteiger partial charge in [-0.3, -0.25) is 0 Å². The third-order valence-corrected chi connectivity index (χ3v) is 3.28. The average molecular weight is 265 g/mol. The molecular weight excluding hydrogens is 246 g/mol. The molecule has 0 saturated carbocycles. The Balaban J connectivity index is 2.27. The van der Waals surface area contributed by atoms with Gasteiger partial charge < -0.3 is 15.2 Å². The van der Waals surface area contributed by atoms with Crippen LogP contribution in [0.3, 0.4) is 0 Å². The highest BCUT2D eigenvalue weighted by Crippen LogP contribution is 2.42. The van der Waals surface area contributed by atoms with Gasteiger partial charge in [-0.2, -0.15) is 0 Å². The van der Waals surface area contributed by atoms with E-state index in [0.717, 1.165) is 24.3 Å². The van der Waals surface area contributed by atoms with Crippen molar-refractivity contribution in [3.8, 4) is 11.5 Å². The van der Waals surface area contributed by atoms with E-state index in [4.69, 9.17) is 27.4 Å². The summed E-state index contributed by atoms with van der Waals surface area (Å²) in [4.78, 5) is 0.382. The van der Waals surface area contributed by atoms with Gasteiger partial charge in [0.1, 0.15) is 16.7 Å². The Morgan fingerprint density at radius 1 is 1.56 bits per heavy atom. The molecule has 1 aliphatic rings. The summed E-state index contributed by atoms with van der Waals surface area (Å²) in [5.74, 6) is 1.56. The summed E-state index contributed by atoms with van der Waals surface area (Å²) in [7, 11) is 0. The Bertz CT molecular complexity index is 471. The second kappa shape index (κ2) is 4.76. The third-order valence-electron chi connectivity index (χ3n) is 3.01. The standard InChI is InChI=1S/C14H19NO2S/c1-4-10(13(15)18)16-11-7-5-6-9-8-14(2,3)17-12(9)11/h5-7,10H,4,8H2,1-3H3,(H2,15,18). The van der Waals surface area contributed by atoms with Crippen molar-refractivity contribution in [2.75, 3.05) is 0 Å². The highest BCUT2D eigenvalue weighted by atomic mass is 32.1. The normalized spacial score (nSPS) is 17.7. The van der Waals surface area contributed by atoms with Crippen LogP contribution in [0.25, 0.3) is 0 Å². The first-order valence-electron chi connectivity index (χ1n) is 6.20. The van der Waals surface area contributed by atoms with Crippen LogP contribution in [0.2, 0.25) is 0 Å². The minimum absolute atomic E-state index is 0.174. The number of hydrogen-bond donors (Lipinski definition) is 1. The molecule has 0 aromatic heterocycles. The molecule has 1 aromatic rings. The summed E-state index contributed by atoms with van der Waals surface area (Å²) < 4.78 is 11.8. The molecule has 2 N–H and O–H groups in total. The van der Waals surface area contributed by atoms with E-state index in [1.807, 2.05) is 19.1 Å². The zero-order chi connectivity index (χ0) is 13.3. The first-order valence-corrected chi connectivity index (χ1v) is 6.60. The predicted molar refractivity (Wildman–Crippen MR) is 76.3 cm³/mol. The Labute approximate surface area is 113 Å². The lowest BCUT2D eigenvalue weighted by Crippen LogP contribution is -2.31. The summed E-state index contributed by atoms with van der Waals surface area (Å²) in [5.41, 5.74) is 6.66. The van der Waals surface area contributed by atoms with Gasteiger partial charge in [0, 0.05) is 12.0 Å². The molecule has 0 fully saturated rings. The predicted octanol–water partition coefficient (Wildman–Crippen LogP) is 2.84. The van der Waals surface area contributed by atoms with Crippen molar-refractivity contribution < 1.29 is 9.47 Å². The van der Waals surface area contributed by atoms with Gasteiger partial charge >= 0.3 is 0 Å². The van der Waals surface area contributed by atoms with Gasteiger partial charge in [-0.15, -0.1) is 0 Å². The summed E-state index contributed by atoms with van der Waals surface area (Å²) in [5, 5.41) is 0. The molecule has 18 heavy (non-hydrogen) atoms. The molecular formula is C14H19NO2S. The Hall–Kier alpha value is -1.29. The molecule has 3 nitrogen and oxygen atoms in total. The molecule has 0 bridgehead atoms. The minimum atomic E-state index is -0.237. The van der Waals surface area contributed by atoms with E-state index in [9.17, 15) is 0 Å². The van der Waals surface area contributed by atoms with Crippen LogP contribution < -0.4 is 15.2 Å². The van der Waals surface area contributed by atoms with Gasteiger partial charge in [0.05, 0.1) is 0 Å². The third kappa shape index (κ3) is 2.58. The van der Waals surface area contributed by atoms with Gasteiger partial charge in [0.25, 0.3) is 0 Å². The second-order valence-corrected chi connectivity index (χ2v) is 5.67. The van der Waals surface area contributed by atoms with Gasteiger partial charge in [0.2, 0.25) is 0 Å². The van der Waals surface area contributed by atoms with Gasteiger partial charge in [-0.1, -0.05) is 31.3 Å². The lowest BCUT2D eigenvalue weighted by molar-refractivity contribution is 0.130. The van der Waals surface area contributed by atoms with Crippen molar-refractivity contribution in [2.45, 2.75) is 45.3 Å². The fraction of sp³-hybridized carbons (Fsp3) is 0.500. The van der Waals surface area contributed by atoms with Crippen LogP contribution in [0.15, 0.2) is 18.2 Å². The fourth-order valence-corrected chi connectivity index (χ4v) is 2.39. The van der Waals surface area contributed by atoms with Crippen LogP contribution in [-0.4, -0.2) is 16.7 Å². The molecule has 0 saturated heterocycles. The van der Waals surface area contributed by atoms with Crippen molar-refractivity contribution >= 4 is 17.2 Å². The summed E-state index contributed by atoms with van der Waals surface area (Å²) in [6.45, 7) is 6.14. The van der Waals surface area contributed by atoms with E-state index in [2.05, 4.69) is 19.9 Å². The van der Waals surface area contributed by atoms with Crippen LogP contribution in [0.5, 0.6) is 11.5 Å². The maximum Gasteiger partial charge on any atom is 0.165 e. The first kappa shape index (κ1) is 13.1. The van der Waals surface area contributed by atoms with Gasteiger partial charge in [-0.05, 0) is 26.3 Å². The lowest BCUT2D eigenvalue weighted by atomic mass is 10.0. The second-order valence-electron chi connectivity index (χ2n) is 5.20. The van der Waals surface area contributed by atoms with E-state index in [-0.39, 0.29) is 11.7 Å². The van der Waals surface area contributed by atoms with Crippen LogP contribution in [0.1, 0.15) is 32.8 Å². The lowest BCUT2D eigenvalue weighted by Gasteiger charge is -2.20. The summed E-state index contributed by atoms with van der Waals surface area (Å²) >= 11 is 5.00. The van der Waals surface area contributed by atoms with E-state index >= 15 is 0 Å². The number of ether oxygens (including phenoxy) is 2. The molecule has 2 rings (SSSR count). The number of benzene rings is 1. The molecule has 0 radical (unpaired) electrons. The molecule has 1 unspecified atom stereocenters. The summed E-state index contributed by atoms with van der Waals surface area (Å²) in [6, 6.07) is 5.95. The topological polar surface area (TPSA) is 44.5 Å². The molecule has 0 spiro atoms. The highest BCUT2D eigenvalue weighted by molar-refractivity contribution is 7.80. The molecule has 1 aliphatic heterocycles.